The van der Waals surface area contributed by atoms with Crippen LogP contribution in [0.15, 0.2) is 28.7 Å². The zero-order valence-electron chi connectivity index (χ0n) is 12.1. The van der Waals surface area contributed by atoms with Crippen LogP contribution in [0.1, 0.15) is 18.4 Å². The number of carbonyl (C=O) groups is 1. The van der Waals surface area contributed by atoms with Gasteiger partial charge >= 0.3 is 0 Å². The highest BCUT2D eigenvalue weighted by atomic mass is 79.9. The van der Waals surface area contributed by atoms with Crippen LogP contribution in [0, 0.1) is 0 Å². The van der Waals surface area contributed by atoms with Crippen LogP contribution >= 0.6 is 15.9 Å². The van der Waals surface area contributed by atoms with Crippen LogP contribution in [0.5, 0.6) is 0 Å². The van der Waals surface area contributed by atoms with E-state index in [1.54, 1.807) is 0 Å². The maximum atomic E-state index is 12.3. The van der Waals surface area contributed by atoms with E-state index < -0.39 is 0 Å². The first-order valence-electron chi connectivity index (χ1n) is 7.59. The molecular formula is C16H21BrN2O2. The van der Waals surface area contributed by atoms with Gasteiger partial charge in [-0.15, -0.1) is 0 Å². The zero-order valence-corrected chi connectivity index (χ0v) is 13.7. The standard InChI is InChI=1S/C16H21BrN2O2/c17-14-4-1-3-13(11-14)12-18-6-8-19(9-7-18)16(20)15-5-2-10-21-15/h1,3-4,11,15H,2,5-10,12H2. The Balaban J connectivity index is 1.49. The van der Waals surface area contributed by atoms with E-state index in [2.05, 4.69) is 39.0 Å². The number of rotatable bonds is 3. The SMILES string of the molecule is O=C(C1CCCO1)N1CCN(Cc2cccc(Br)c2)CC1. The fourth-order valence-electron chi connectivity index (χ4n) is 3.00. The van der Waals surface area contributed by atoms with E-state index in [-0.39, 0.29) is 12.0 Å². The van der Waals surface area contributed by atoms with E-state index >= 15 is 0 Å². The van der Waals surface area contributed by atoms with Crippen LogP contribution in [-0.2, 0) is 16.1 Å². The fourth-order valence-corrected chi connectivity index (χ4v) is 3.44. The Bertz CT molecular complexity index is 495. The molecular weight excluding hydrogens is 332 g/mol. The van der Waals surface area contributed by atoms with Gasteiger partial charge in [-0.3, -0.25) is 9.69 Å². The first-order valence-corrected chi connectivity index (χ1v) is 8.39. The molecule has 1 amide bonds. The molecule has 0 bridgehead atoms. The second kappa shape index (κ2) is 6.90. The minimum Gasteiger partial charge on any atom is -0.368 e. The summed E-state index contributed by atoms with van der Waals surface area (Å²) in [5, 5.41) is 0. The Hall–Kier alpha value is -0.910. The van der Waals surface area contributed by atoms with Crippen molar-refractivity contribution in [2.75, 3.05) is 32.8 Å². The monoisotopic (exact) mass is 352 g/mol. The van der Waals surface area contributed by atoms with Gasteiger partial charge in [0.15, 0.2) is 0 Å². The van der Waals surface area contributed by atoms with Gasteiger partial charge in [0.25, 0.3) is 5.91 Å². The van der Waals surface area contributed by atoms with Gasteiger partial charge in [-0.05, 0) is 30.5 Å². The third-order valence-electron chi connectivity index (χ3n) is 4.18. The van der Waals surface area contributed by atoms with E-state index in [1.165, 1.54) is 5.56 Å². The maximum Gasteiger partial charge on any atom is 0.251 e. The minimum absolute atomic E-state index is 0.179. The summed E-state index contributed by atoms with van der Waals surface area (Å²) in [4.78, 5) is 16.7. The van der Waals surface area contributed by atoms with Crippen molar-refractivity contribution in [2.45, 2.75) is 25.5 Å². The van der Waals surface area contributed by atoms with Gasteiger partial charge < -0.3 is 9.64 Å². The molecule has 0 aliphatic carbocycles. The average molecular weight is 353 g/mol. The third-order valence-corrected chi connectivity index (χ3v) is 4.68. The van der Waals surface area contributed by atoms with Crippen molar-refractivity contribution in [1.29, 1.82) is 0 Å². The summed E-state index contributed by atoms with van der Waals surface area (Å²) in [6, 6.07) is 8.41. The number of hydrogen-bond donors (Lipinski definition) is 0. The van der Waals surface area contributed by atoms with Gasteiger partial charge in [-0.25, -0.2) is 0 Å². The molecule has 2 aliphatic heterocycles. The minimum atomic E-state index is -0.179. The second-order valence-electron chi connectivity index (χ2n) is 5.73. The molecule has 5 heteroatoms. The molecule has 0 N–H and O–H groups in total. The molecule has 1 unspecified atom stereocenters. The highest BCUT2D eigenvalue weighted by Crippen LogP contribution is 2.17. The number of benzene rings is 1. The molecule has 0 spiro atoms. The summed E-state index contributed by atoms with van der Waals surface area (Å²) < 4.78 is 6.61. The Morgan fingerprint density at radius 2 is 2.10 bits per heavy atom. The lowest BCUT2D eigenvalue weighted by Gasteiger charge is -2.35. The normalized spacial score (nSPS) is 23.5. The highest BCUT2D eigenvalue weighted by molar-refractivity contribution is 9.10. The number of halogens is 1. The predicted molar refractivity (Wildman–Crippen MR) is 85.0 cm³/mol. The molecule has 2 saturated heterocycles. The highest BCUT2D eigenvalue weighted by Gasteiger charge is 2.30. The lowest BCUT2D eigenvalue weighted by molar-refractivity contribution is -0.142. The molecule has 1 aromatic carbocycles. The molecule has 2 fully saturated rings. The van der Waals surface area contributed by atoms with E-state index in [9.17, 15) is 4.79 Å². The molecule has 114 valence electrons. The quantitative estimate of drug-likeness (QED) is 0.836. The summed E-state index contributed by atoms with van der Waals surface area (Å²) in [6.07, 6.45) is 1.72. The molecule has 1 aromatic rings. The lowest BCUT2D eigenvalue weighted by atomic mass is 10.1. The molecule has 1 atom stereocenters. The summed E-state index contributed by atoms with van der Waals surface area (Å²) in [7, 11) is 0. The van der Waals surface area contributed by atoms with Crippen LogP contribution in [-0.4, -0.2) is 54.6 Å². The van der Waals surface area contributed by atoms with Crippen molar-refractivity contribution in [3.05, 3.63) is 34.3 Å². The van der Waals surface area contributed by atoms with Crippen LogP contribution < -0.4 is 0 Å². The number of amides is 1. The van der Waals surface area contributed by atoms with Gasteiger partial charge in [-0.2, -0.15) is 0 Å². The fraction of sp³-hybridized carbons (Fsp3) is 0.562. The lowest BCUT2D eigenvalue weighted by Crippen LogP contribution is -2.51. The van der Waals surface area contributed by atoms with Gasteiger partial charge in [0, 0.05) is 43.8 Å². The first-order chi connectivity index (χ1) is 10.2. The number of piperazine rings is 1. The Morgan fingerprint density at radius 1 is 1.29 bits per heavy atom. The van der Waals surface area contributed by atoms with Crippen molar-refractivity contribution in [2.24, 2.45) is 0 Å². The van der Waals surface area contributed by atoms with Crippen LogP contribution in [0.3, 0.4) is 0 Å². The number of carbonyl (C=O) groups excluding carboxylic acids is 1. The van der Waals surface area contributed by atoms with Crippen molar-refractivity contribution in [3.63, 3.8) is 0 Å². The van der Waals surface area contributed by atoms with E-state index in [0.717, 1.165) is 56.6 Å². The average Bonchev–Trinajstić information content (AvgIpc) is 3.01. The summed E-state index contributed by atoms with van der Waals surface area (Å²) in [5.41, 5.74) is 1.31. The van der Waals surface area contributed by atoms with Gasteiger partial charge in [0.2, 0.25) is 0 Å². The molecule has 3 rings (SSSR count). The van der Waals surface area contributed by atoms with E-state index in [0.29, 0.717) is 0 Å². The summed E-state index contributed by atoms with van der Waals surface area (Å²) in [6.45, 7) is 5.18. The molecule has 0 aromatic heterocycles. The second-order valence-corrected chi connectivity index (χ2v) is 6.65. The van der Waals surface area contributed by atoms with E-state index in [4.69, 9.17) is 4.74 Å². The Labute approximate surface area is 134 Å². The smallest absolute Gasteiger partial charge is 0.251 e. The van der Waals surface area contributed by atoms with Gasteiger partial charge in [-0.1, -0.05) is 28.1 Å². The summed E-state index contributed by atoms with van der Waals surface area (Å²) >= 11 is 3.51. The van der Waals surface area contributed by atoms with Crippen molar-refractivity contribution in [1.82, 2.24) is 9.80 Å². The molecule has 21 heavy (non-hydrogen) atoms. The van der Waals surface area contributed by atoms with E-state index in [1.807, 2.05) is 11.0 Å². The number of nitrogens with zero attached hydrogens (tertiary/aromatic N) is 2. The molecule has 2 aliphatic rings. The molecule has 0 saturated carbocycles. The van der Waals surface area contributed by atoms with Crippen molar-refractivity contribution >= 4 is 21.8 Å². The first kappa shape index (κ1) is 15.0. The predicted octanol–water partition coefficient (Wildman–Crippen LogP) is 2.27. The Morgan fingerprint density at radius 3 is 2.76 bits per heavy atom. The third kappa shape index (κ3) is 3.84. The van der Waals surface area contributed by atoms with Crippen molar-refractivity contribution < 1.29 is 9.53 Å². The van der Waals surface area contributed by atoms with Crippen LogP contribution in [0.4, 0.5) is 0 Å². The molecule has 2 heterocycles. The number of hydrogen-bond acceptors (Lipinski definition) is 3. The zero-order chi connectivity index (χ0) is 14.7. The largest absolute Gasteiger partial charge is 0.368 e. The van der Waals surface area contributed by atoms with Crippen LogP contribution in [0.25, 0.3) is 0 Å². The van der Waals surface area contributed by atoms with Gasteiger partial charge in [0.05, 0.1) is 0 Å². The Kier molecular flexibility index (Phi) is 4.93. The molecule has 4 nitrogen and oxygen atoms in total. The maximum absolute atomic E-state index is 12.3. The molecule has 0 radical (unpaired) electrons. The topological polar surface area (TPSA) is 32.8 Å². The van der Waals surface area contributed by atoms with Crippen molar-refractivity contribution in [3.8, 4) is 0 Å². The summed E-state index contributed by atoms with van der Waals surface area (Å²) in [5.74, 6) is 0.189. The van der Waals surface area contributed by atoms with Crippen LogP contribution in [0.2, 0.25) is 0 Å². The number of ether oxygens (including phenoxy) is 1. The van der Waals surface area contributed by atoms with Gasteiger partial charge in [0.1, 0.15) is 6.10 Å².